The van der Waals surface area contributed by atoms with Crippen LogP contribution < -0.4 is 0 Å². The first-order valence-electron chi connectivity index (χ1n) is 30.4. The van der Waals surface area contributed by atoms with Crippen LogP contribution in [0.5, 0.6) is 0 Å². The van der Waals surface area contributed by atoms with Crippen LogP contribution in [0.25, 0.3) is 150 Å². The van der Waals surface area contributed by atoms with E-state index in [0.29, 0.717) is 28.2 Å². The summed E-state index contributed by atoms with van der Waals surface area (Å²) in [4.78, 5) is 0. The van der Waals surface area contributed by atoms with Gasteiger partial charge in [-0.25, -0.2) is 0 Å². The lowest BCUT2D eigenvalue weighted by Crippen LogP contribution is -2.17. The number of aromatic nitrogens is 4. The van der Waals surface area contributed by atoms with Gasteiger partial charge < -0.3 is 18.3 Å². The Morgan fingerprint density at radius 1 is 0.307 bits per heavy atom. The predicted molar refractivity (Wildman–Crippen MR) is 375 cm³/mol. The van der Waals surface area contributed by atoms with Gasteiger partial charge >= 0.3 is 0 Å². The van der Waals surface area contributed by atoms with Gasteiger partial charge in [-0.1, -0.05) is 196 Å². The number of benzene rings is 11. The average Bonchev–Trinajstić information content (AvgIpc) is 1.48. The molecule has 6 aromatic heterocycles. The lowest BCUT2D eigenvalue weighted by Gasteiger charge is -2.27. The van der Waals surface area contributed by atoms with Crippen LogP contribution in [0.3, 0.4) is 0 Å². The quantitative estimate of drug-likeness (QED) is 0.176. The molecule has 0 aliphatic rings. The van der Waals surface area contributed by atoms with Gasteiger partial charge in [0.1, 0.15) is 23.3 Å². The van der Waals surface area contributed by atoms with Crippen molar-refractivity contribution in [2.45, 2.75) is 78.6 Å². The van der Waals surface area contributed by atoms with Gasteiger partial charge in [-0.2, -0.15) is 10.5 Å². The molecular weight excluding hydrogens is 1110 g/mol. The molecule has 0 saturated heterocycles. The van der Waals surface area contributed by atoms with Crippen LogP contribution in [-0.4, -0.2) is 18.3 Å². The predicted octanol–water partition coefficient (Wildman–Crippen LogP) is 22.4. The normalized spacial score (nSPS) is 12.8. The molecule has 6 nitrogen and oxygen atoms in total. The average molecular weight is 1170 g/mol. The largest absolute Gasteiger partial charge is 0.306 e. The smallest absolute Gasteiger partial charge is 0.104 e. The molecule has 0 N–H and O–H groups in total. The number of nitrogens with zero attached hydrogens (tertiary/aromatic N) is 6. The fourth-order valence-corrected chi connectivity index (χ4v) is 17.3. The summed E-state index contributed by atoms with van der Waals surface area (Å²) in [6, 6.07) is 79.1. The van der Waals surface area contributed by atoms with Gasteiger partial charge in [-0.05, 0) is 99.7 Å². The molecule has 0 aliphatic carbocycles. The van der Waals surface area contributed by atoms with E-state index in [1.807, 2.05) is 11.3 Å². The van der Waals surface area contributed by atoms with Crippen LogP contribution in [0.4, 0.5) is 0 Å². The highest BCUT2D eigenvalue weighted by molar-refractivity contribution is 7.27. The van der Waals surface area contributed by atoms with E-state index in [9.17, 15) is 10.5 Å². The summed E-state index contributed by atoms with van der Waals surface area (Å²) in [5.41, 5.74) is 14.2. The van der Waals surface area contributed by atoms with Gasteiger partial charge in [0.2, 0.25) is 0 Å². The summed E-state index contributed by atoms with van der Waals surface area (Å²) in [5, 5.41) is 39.6. The highest BCUT2D eigenvalue weighted by Crippen LogP contribution is 2.54. The van der Waals surface area contributed by atoms with Gasteiger partial charge in [0.05, 0.1) is 76.3 Å². The van der Waals surface area contributed by atoms with E-state index in [2.05, 4.69) is 293 Å². The first kappa shape index (κ1) is 52.4. The van der Waals surface area contributed by atoms with Crippen molar-refractivity contribution in [3.63, 3.8) is 0 Å². The molecule has 0 amide bonds. The Morgan fingerprint density at radius 2 is 0.693 bits per heavy atom. The number of hydrogen-bond acceptors (Lipinski definition) is 4. The summed E-state index contributed by atoms with van der Waals surface area (Å²) in [5.74, 6) is 0. The van der Waals surface area contributed by atoms with Crippen molar-refractivity contribution in [2.75, 3.05) is 0 Å². The monoisotopic (exact) mass is 1170 g/mol. The van der Waals surface area contributed by atoms with Crippen LogP contribution >= 0.6 is 22.7 Å². The highest BCUT2D eigenvalue weighted by atomic mass is 32.1. The van der Waals surface area contributed by atoms with Crippen LogP contribution in [0.1, 0.15) is 90.1 Å². The van der Waals surface area contributed by atoms with Crippen molar-refractivity contribution in [3.8, 4) is 34.9 Å². The molecule has 88 heavy (non-hydrogen) atoms. The Balaban J connectivity index is 1.22. The number of fused-ring (bicyclic) bond motifs is 20. The fourth-order valence-electron chi connectivity index (χ4n) is 14.8. The second-order valence-electron chi connectivity index (χ2n) is 27.1. The van der Waals surface area contributed by atoms with Crippen molar-refractivity contribution in [3.05, 3.63) is 228 Å². The molecular formula is C80H60N6S2. The van der Waals surface area contributed by atoms with E-state index in [1.54, 1.807) is 11.3 Å². The second-order valence-corrected chi connectivity index (χ2v) is 29.2. The van der Waals surface area contributed by atoms with Crippen molar-refractivity contribution in [1.82, 2.24) is 18.3 Å². The Labute approximate surface area is 517 Å². The Bertz CT molecular complexity index is 5770. The summed E-state index contributed by atoms with van der Waals surface area (Å²) < 4.78 is 14.2. The summed E-state index contributed by atoms with van der Waals surface area (Å²) >= 11 is 3.61. The number of rotatable bonds is 4. The molecule has 0 radical (unpaired) electrons. The van der Waals surface area contributed by atoms with E-state index in [1.165, 1.54) is 42.2 Å². The van der Waals surface area contributed by atoms with E-state index in [-0.39, 0.29) is 16.2 Å². The zero-order valence-electron chi connectivity index (χ0n) is 50.6. The standard InChI is InChI=1S/C80H60N6S2/c1-78(2,3)45-34-38-65-55(40-45)52-36-37-53-51-26-14-20-32-67(51)87-76(53)73(52)85(65)70-58(43-81)71(83-61-28-16-10-22-47(61)48-23-11-17-29-62(48)83)75(72(59(70)44-82)84-63-30-18-12-24-49(63)50-25-13-19-31-64(50)84)86-66-39-35-46(79(4,5)6)41-56(66)57-42-60(80(7,8)9)69-54-27-15-21-33-68(54)88-77(69)74(57)86/h10-42H,1-9H3. The third kappa shape index (κ3) is 7.13. The molecule has 6 heterocycles. The molecule has 8 heteroatoms. The van der Waals surface area contributed by atoms with Crippen molar-refractivity contribution in [1.29, 1.82) is 10.5 Å². The minimum atomic E-state index is -0.242. The van der Waals surface area contributed by atoms with Gasteiger partial charge in [0, 0.05) is 74.0 Å². The molecule has 0 aliphatic heterocycles. The molecule has 0 bridgehead atoms. The third-order valence-electron chi connectivity index (χ3n) is 18.9. The molecule has 0 spiro atoms. The van der Waals surface area contributed by atoms with E-state index in [4.69, 9.17) is 0 Å². The fraction of sp³-hybridized carbons (Fsp3) is 0.150. The van der Waals surface area contributed by atoms with Crippen molar-refractivity contribution in [2.24, 2.45) is 0 Å². The Hall–Kier alpha value is -9.96. The SMILES string of the molecule is CC(C)(C)c1ccc2c(c1)c1ccc3c4ccccc4sc3c1n2-c1c(C#N)c(-n2c3ccccc3c3ccccc32)c(-n2c3ccc(C(C)(C)C)cc3c3cc(C(C)(C)C)c4c5ccccc5sc4c32)c(-n2c3ccccc3c3ccccc32)c1C#N. The number of thiophene rings is 2. The van der Waals surface area contributed by atoms with Gasteiger partial charge in [0.25, 0.3) is 0 Å². The number of hydrogen-bond donors (Lipinski definition) is 0. The third-order valence-corrected chi connectivity index (χ3v) is 21.2. The van der Waals surface area contributed by atoms with Crippen LogP contribution in [0.2, 0.25) is 0 Å². The van der Waals surface area contributed by atoms with Crippen LogP contribution in [0, 0.1) is 22.7 Å². The first-order chi connectivity index (χ1) is 42.5. The molecule has 0 fully saturated rings. The Kier molecular flexibility index (Phi) is 10.9. The molecule has 422 valence electrons. The highest BCUT2D eigenvalue weighted by Gasteiger charge is 2.37. The number of nitriles is 2. The number of para-hydroxylation sites is 4. The van der Waals surface area contributed by atoms with Gasteiger partial charge in [0.15, 0.2) is 0 Å². The molecule has 17 rings (SSSR count). The van der Waals surface area contributed by atoms with Crippen LogP contribution in [-0.2, 0) is 16.2 Å². The van der Waals surface area contributed by atoms with Crippen LogP contribution in [0.15, 0.2) is 200 Å². The minimum absolute atomic E-state index is 0.168. The summed E-state index contributed by atoms with van der Waals surface area (Å²) in [6.07, 6.45) is 0. The van der Waals surface area contributed by atoms with E-state index in [0.717, 1.165) is 108 Å². The second kappa shape index (κ2) is 18.3. The van der Waals surface area contributed by atoms with Gasteiger partial charge in [-0.3, -0.25) is 0 Å². The van der Waals surface area contributed by atoms with E-state index < -0.39 is 0 Å². The summed E-state index contributed by atoms with van der Waals surface area (Å²) in [6.45, 7) is 20.7. The topological polar surface area (TPSA) is 67.3 Å². The zero-order valence-corrected chi connectivity index (χ0v) is 52.2. The maximum Gasteiger partial charge on any atom is 0.104 e. The lowest BCUT2D eigenvalue weighted by atomic mass is 9.82. The maximum absolute atomic E-state index is 13.1. The van der Waals surface area contributed by atoms with E-state index >= 15 is 0 Å². The zero-order chi connectivity index (χ0) is 60.0. The molecule has 17 aromatic rings. The molecule has 0 saturated carbocycles. The first-order valence-corrected chi connectivity index (χ1v) is 32.0. The Morgan fingerprint density at radius 3 is 1.17 bits per heavy atom. The maximum atomic E-state index is 13.1. The molecule has 0 atom stereocenters. The van der Waals surface area contributed by atoms with Crippen molar-refractivity contribution < 1.29 is 0 Å². The lowest BCUT2D eigenvalue weighted by molar-refractivity contribution is 0.591. The van der Waals surface area contributed by atoms with Crippen molar-refractivity contribution >= 4 is 150 Å². The molecule has 11 aromatic carbocycles. The molecule has 0 unspecified atom stereocenters. The van der Waals surface area contributed by atoms with Gasteiger partial charge in [-0.15, -0.1) is 22.7 Å². The summed E-state index contributed by atoms with van der Waals surface area (Å²) in [7, 11) is 0. The minimum Gasteiger partial charge on any atom is -0.306 e.